The minimum atomic E-state index is -0.771. The van der Waals surface area contributed by atoms with E-state index in [9.17, 15) is 5.11 Å². The van der Waals surface area contributed by atoms with Crippen LogP contribution in [-0.2, 0) is 6.54 Å². The van der Waals surface area contributed by atoms with Crippen molar-refractivity contribution in [1.82, 2.24) is 20.2 Å². The average molecular weight is 433 g/mol. The molecule has 0 aromatic carbocycles. The van der Waals surface area contributed by atoms with E-state index in [0.717, 1.165) is 37.0 Å². The van der Waals surface area contributed by atoms with Crippen molar-refractivity contribution in [2.75, 3.05) is 0 Å². The minimum Gasteiger partial charge on any atom is -0.377 e. The molecule has 32 heavy (non-hydrogen) atoms. The van der Waals surface area contributed by atoms with Gasteiger partial charge in [0.15, 0.2) is 6.33 Å². The Balaban J connectivity index is 1.18. The monoisotopic (exact) mass is 432 g/mol. The largest absolute Gasteiger partial charge is 0.377 e. The van der Waals surface area contributed by atoms with Gasteiger partial charge in [-0.3, -0.25) is 0 Å². The minimum absolute atomic E-state index is 0.343. The number of allylic oxidation sites excluding steroid dienone is 2. The molecule has 0 radical (unpaired) electrons. The molecule has 5 aliphatic carbocycles. The van der Waals surface area contributed by atoms with Gasteiger partial charge < -0.3 is 5.11 Å². The highest BCUT2D eigenvalue weighted by molar-refractivity contribution is 5.29. The summed E-state index contributed by atoms with van der Waals surface area (Å²) in [4.78, 5) is 1.68. The first-order valence-electron chi connectivity index (χ1n) is 12.8. The molecule has 4 fully saturated rings. The maximum Gasteiger partial charge on any atom is 0.162 e. The Morgan fingerprint density at radius 3 is 2.84 bits per heavy atom. The lowest BCUT2D eigenvalue weighted by molar-refractivity contribution is -0.0205. The summed E-state index contributed by atoms with van der Waals surface area (Å²) in [7, 11) is 0. The van der Waals surface area contributed by atoms with E-state index in [0.29, 0.717) is 29.7 Å². The first-order chi connectivity index (χ1) is 15.5. The number of tetrazole rings is 1. The van der Waals surface area contributed by atoms with Crippen LogP contribution in [0.4, 0.5) is 0 Å². The predicted octanol–water partition coefficient (Wildman–Crippen LogP) is 4.56. The Hall–Kier alpha value is -1.93. The maximum atomic E-state index is 11.1. The first-order valence-corrected chi connectivity index (χ1v) is 12.8. The van der Waals surface area contributed by atoms with Crippen molar-refractivity contribution in [3.8, 4) is 11.8 Å². The third kappa shape index (κ3) is 3.46. The van der Waals surface area contributed by atoms with E-state index in [1.54, 1.807) is 4.80 Å². The van der Waals surface area contributed by atoms with Crippen LogP contribution in [0.2, 0.25) is 0 Å². The number of hydrogen-bond acceptors (Lipinski definition) is 4. The number of rotatable bonds is 3. The summed E-state index contributed by atoms with van der Waals surface area (Å²) >= 11 is 0. The summed E-state index contributed by atoms with van der Waals surface area (Å²) < 4.78 is 0. The number of aliphatic hydroxyl groups is 1. The lowest BCUT2D eigenvalue weighted by Crippen LogP contribution is -2.47. The van der Waals surface area contributed by atoms with Crippen molar-refractivity contribution in [1.29, 1.82) is 0 Å². The van der Waals surface area contributed by atoms with Crippen LogP contribution in [-0.4, -0.2) is 30.9 Å². The molecule has 1 N–H and O–H groups in total. The molecule has 0 bridgehead atoms. The zero-order chi connectivity index (χ0) is 21.9. The zero-order valence-corrected chi connectivity index (χ0v) is 19.3. The van der Waals surface area contributed by atoms with Gasteiger partial charge in [0.05, 0.1) is 6.54 Å². The van der Waals surface area contributed by atoms with Gasteiger partial charge in [-0.15, -0.1) is 10.2 Å². The molecule has 0 spiro atoms. The van der Waals surface area contributed by atoms with Crippen LogP contribution in [0.25, 0.3) is 0 Å². The number of fused-ring (bicyclic) bond motifs is 5. The van der Waals surface area contributed by atoms with E-state index >= 15 is 0 Å². The standard InChI is InChI=1S/C27H36N4O/c1-18(16-31-29-17-28-30-31)24-7-8-25-23-6-5-20-15-27(32,13-9-19-3-4-19)14-11-21(20)22(23)10-12-26(24,25)2/h5,17,19,21-25,32H,1,3-4,6-8,10-12,14-16H2,2H3/t21-,22+,23+,24+,25-,26+,27+/m0/s1. The van der Waals surface area contributed by atoms with Crippen LogP contribution in [0.1, 0.15) is 71.1 Å². The SMILES string of the molecule is C=C(Cn1ncnn1)[C@H]1CC[C@H]2[C@@H]3CC=C4C[C@@](O)(C#CC5CC5)CC[C@@H]4[C@H]3CC[C@]12C. The van der Waals surface area contributed by atoms with Gasteiger partial charge in [-0.1, -0.05) is 42.6 Å². The summed E-state index contributed by atoms with van der Waals surface area (Å²) in [6.07, 6.45) is 15.6. The second kappa shape index (κ2) is 7.55. The summed E-state index contributed by atoms with van der Waals surface area (Å²) in [6, 6.07) is 0. The van der Waals surface area contributed by atoms with Crippen molar-refractivity contribution in [3.63, 3.8) is 0 Å². The number of nitrogens with zero attached hydrogens (tertiary/aromatic N) is 4. The zero-order valence-electron chi connectivity index (χ0n) is 19.3. The summed E-state index contributed by atoms with van der Waals surface area (Å²) in [5.41, 5.74) is 2.36. The van der Waals surface area contributed by atoms with Gasteiger partial charge in [0.1, 0.15) is 5.60 Å². The van der Waals surface area contributed by atoms with E-state index in [1.807, 2.05) is 0 Å². The van der Waals surface area contributed by atoms with Gasteiger partial charge in [-0.2, -0.15) is 4.80 Å². The highest BCUT2D eigenvalue weighted by Crippen LogP contribution is 2.64. The van der Waals surface area contributed by atoms with Crippen molar-refractivity contribution in [3.05, 3.63) is 30.1 Å². The molecule has 7 atom stereocenters. The smallest absolute Gasteiger partial charge is 0.162 e. The molecule has 5 heteroatoms. The van der Waals surface area contributed by atoms with E-state index in [2.05, 4.69) is 46.8 Å². The van der Waals surface area contributed by atoms with Crippen LogP contribution in [0.15, 0.2) is 30.1 Å². The van der Waals surface area contributed by atoms with E-state index < -0.39 is 5.60 Å². The van der Waals surface area contributed by atoms with Gasteiger partial charge in [-0.05, 0) is 98.0 Å². The van der Waals surface area contributed by atoms with Gasteiger partial charge in [0.25, 0.3) is 0 Å². The van der Waals surface area contributed by atoms with Crippen molar-refractivity contribution in [2.45, 2.75) is 83.3 Å². The van der Waals surface area contributed by atoms with Crippen LogP contribution in [0.3, 0.4) is 0 Å². The van der Waals surface area contributed by atoms with E-state index in [-0.39, 0.29) is 0 Å². The second-order valence-electron chi connectivity index (χ2n) is 11.6. The molecule has 0 saturated heterocycles. The highest BCUT2D eigenvalue weighted by Gasteiger charge is 2.56. The van der Waals surface area contributed by atoms with Crippen LogP contribution < -0.4 is 0 Å². The fourth-order valence-electron chi connectivity index (χ4n) is 8.09. The molecule has 0 unspecified atom stereocenters. The molecule has 170 valence electrons. The van der Waals surface area contributed by atoms with Gasteiger partial charge in [0, 0.05) is 12.3 Å². The number of aromatic nitrogens is 4. The molecule has 1 aromatic heterocycles. The van der Waals surface area contributed by atoms with Gasteiger partial charge in [-0.25, -0.2) is 0 Å². The summed E-state index contributed by atoms with van der Waals surface area (Å²) in [5.74, 6) is 10.8. The molecule has 0 aliphatic heterocycles. The fourth-order valence-corrected chi connectivity index (χ4v) is 8.09. The van der Waals surface area contributed by atoms with Crippen molar-refractivity contribution < 1.29 is 5.11 Å². The average Bonchev–Trinajstić information content (AvgIpc) is 3.34. The molecule has 0 amide bonds. The lowest BCUT2D eigenvalue weighted by Gasteiger charge is -2.54. The normalized spacial score (nSPS) is 42.7. The highest BCUT2D eigenvalue weighted by atomic mass is 16.3. The third-order valence-electron chi connectivity index (χ3n) is 9.82. The van der Waals surface area contributed by atoms with Crippen molar-refractivity contribution >= 4 is 0 Å². The van der Waals surface area contributed by atoms with Crippen molar-refractivity contribution in [2.24, 2.45) is 40.9 Å². The van der Waals surface area contributed by atoms with E-state index in [4.69, 9.17) is 0 Å². The van der Waals surface area contributed by atoms with Crippen LogP contribution >= 0.6 is 0 Å². The number of hydrogen-bond donors (Lipinski definition) is 1. The quantitative estimate of drug-likeness (QED) is 0.562. The third-order valence-corrected chi connectivity index (χ3v) is 9.82. The Morgan fingerprint density at radius 2 is 2.06 bits per heavy atom. The molecule has 5 nitrogen and oxygen atoms in total. The second-order valence-corrected chi connectivity index (χ2v) is 11.6. The molecule has 6 rings (SSSR count). The Kier molecular flexibility index (Phi) is 4.88. The summed E-state index contributed by atoms with van der Waals surface area (Å²) in [5, 5.41) is 23.2. The Morgan fingerprint density at radius 1 is 1.19 bits per heavy atom. The summed E-state index contributed by atoms with van der Waals surface area (Å²) in [6.45, 7) is 7.71. The predicted molar refractivity (Wildman–Crippen MR) is 123 cm³/mol. The fraction of sp³-hybridized carbons (Fsp3) is 0.741. The van der Waals surface area contributed by atoms with Crippen LogP contribution in [0, 0.1) is 52.8 Å². The molecule has 5 aliphatic rings. The topological polar surface area (TPSA) is 63.8 Å². The van der Waals surface area contributed by atoms with Crippen LogP contribution in [0.5, 0.6) is 0 Å². The Bertz CT molecular complexity index is 983. The Labute approximate surface area is 191 Å². The van der Waals surface area contributed by atoms with Gasteiger partial charge >= 0.3 is 0 Å². The molecular formula is C27H36N4O. The first kappa shape index (κ1) is 20.7. The molecule has 1 aromatic rings. The van der Waals surface area contributed by atoms with E-state index in [1.165, 1.54) is 62.4 Å². The lowest BCUT2D eigenvalue weighted by atomic mass is 9.51. The molecule has 1 heterocycles. The van der Waals surface area contributed by atoms with Gasteiger partial charge in [0.2, 0.25) is 0 Å². The molecular weight excluding hydrogens is 396 g/mol. The maximum absolute atomic E-state index is 11.1. The molecule has 4 saturated carbocycles.